The monoisotopic (exact) mass is 315 g/mol. The Labute approximate surface area is 133 Å². The van der Waals surface area contributed by atoms with E-state index in [1.54, 1.807) is 18.2 Å². The first-order chi connectivity index (χ1) is 11.2. The second-order valence-corrected chi connectivity index (χ2v) is 4.84. The summed E-state index contributed by atoms with van der Waals surface area (Å²) in [6, 6.07) is 14.6. The topological polar surface area (TPSA) is 70.2 Å². The molecule has 120 valence electrons. The average Bonchev–Trinajstić information content (AvgIpc) is 2.55. The van der Waals surface area contributed by atoms with E-state index >= 15 is 0 Å². The fraction of sp³-hybridized carbons (Fsp3) is 0.176. The van der Waals surface area contributed by atoms with Gasteiger partial charge in [-0.15, -0.1) is 0 Å². The number of rotatable bonds is 6. The van der Waals surface area contributed by atoms with Crippen LogP contribution in [0.25, 0.3) is 0 Å². The maximum Gasteiger partial charge on any atom is 0.319 e. The van der Waals surface area contributed by atoms with Crippen molar-refractivity contribution in [2.45, 2.75) is 6.42 Å². The maximum atomic E-state index is 13.4. The molecule has 0 saturated heterocycles. The first-order valence-electron chi connectivity index (χ1n) is 7.29. The van der Waals surface area contributed by atoms with Crippen molar-refractivity contribution >= 4 is 17.6 Å². The molecule has 0 heterocycles. The SMILES string of the molecule is O=C(NCCCNC(=O)c1ccccc1F)Nc1ccccc1. The van der Waals surface area contributed by atoms with Crippen molar-refractivity contribution in [1.82, 2.24) is 10.6 Å². The molecular formula is C17H18FN3O2. The molecule has 0 aromatic heterocycles. The van der Waals surface area contributed by atoms with E-state index in [0.29, 0.717) is 25.2 Å². The first kappa shape index (κ1) is 16.5. The Kier molecular flexibility index (Phi) is 6.11. The van der Waals surface area contributed by atoms with E-state index < -0.39 is 11.7 Å². The van der Waals surface area contributed by atoms with Crippen LogP contribution >= 0.6 is 0 Å². The van der Waals surface area contributed by atoms with Crippen molar-refractivity contribution in [3.63, 3.8) is 0 Å². The molecule has 5 nitrogen and oxygen atoms in total. The molecule has 0 fully saturated rings. The van der Waals surface area contributed by atoms with E-state index in [9.17, 15) is 14.0 Å². The van der Waals surface area contributed by atoms with Gasteiger partial charge >= 0.3 is 6.03 Å². The van der Waals surface area contributed by atoms with Crippen LogP contribution in [-0.4, -0.2) is 25.0 Å². The summed E-state index contributed by atoms with van der Waals surface area (Å²) in [5.74, 6) is -1.01. The number of nitrogens with one attached hydrogen (secondary N) is 3. The van der Waals surface area contributed by atoms with Crippen molar-refractivity contribution in [2.75, 3.05) is 18.4 Å². The number of hydrogen-bond donors (Lipinski definition) is 3. The summed E-state index contributed by atoms with van der Waals surface area (Å²) < 4.78 is 13.4. The largest absolute Gasteiger partial charge is 0.352 e. The summed E-state index contributed by atoms with van der Waals surface area (Å²) >= 11 is 0. The fourth-order valence-corrected chi connectivity index (χ4v) is 1.93. The number of anilines is 1. The lowest BCUT2D eigenvalue weighted by atomic mass is 10.2. The predicted molar refractivity (Wildman–Crippen MR) is 86.8 cm³/mol. The Hall–Kier alpha value is -2.89. The summed E-state index contributed by atoms with van der Waals surface area (Å²) in [6.07, 6.45) is 0.544. The van der Waals surface area contributed by atoms with Crippen LogP contribution in [-0.2, 0) is 0 Å². The van der Waals surface area contributed by atoms with E-state index in [2.05, 4.69) is 16.0 Å². The fourth-order valence-electron chi connectivity index (χ4n) is 1.93. The third-order valence-corrected chi connectivity index (χ3v) is 3.07. The molecule has 6 heteroatoms. The Balaban J connectivity index is 1.63. The molecule has 2 rings (SSSR count). The molecule has 3 N–H and O–H groups in total. The van der Waals surface area contributed by atoms with Gasteiger partial charge in [0.15, 0.2) is 0 Å². The Bertz CT molecular complexity index is 662. The molecule has 0 atom stereocenters. The lowest BCUT2D eigenvalue weighted by Crippen LogP contribution is -2.32. The van der Waals surface area contributed by atoms with Crippen LogP contribution in [0.4, 0.5) is 14.9 Å². The standard InChI is InChI=1S/C17H18FN3O2/c18-15-10-5-4-9-14(15)16(22)19-11-6-12-20-17(23)21-13-7-2-1-3-8-13/h1-5,7-10H,6,11-12H2,(H,19,22)(H2,20,21,23). The Morgan fingerprint density at radius 2 is 1.52 bits per heavy atom. The molecule has 23 heavy (non-hydrogen) atoms. The maximum absolute atomic E-state index is 13.4. The van der Waals surface area contributed by atoms with Crippen LogP contribution < -0.4 is 16.0 Å². The number of urea groups is 1. The van der Waals surface area contributed by atoms with Crippen LogP contribution in [0.2, 0.25) is 0 Å². The van der Waals surface area contributed by atoms with E-state index in [4.69, 9.17) is 0 Å². The summed E-state index contributed by atoms with van der Waals surface area (Å²) in [5, 5.41) is 7.98. The molecule has 0 saturated carbocycles. The third-order valence-electron chi connectivity index (χ3n) is 3.07. The summed E-state index contributed by atoms with van der Waals surface area (Å²) in [6.45, 7) is 0.745. The van der Waals surface area contributed by atoms with Crippen LogP contribution in [0.1, 0.15) is 16.8 Å². The van der Waals surface area contributed by atoms with Gasteiger partial charge in [-0.25, -0.2) is 9.18 Å². The molecule has 0 bridgehead atoms. The van der Waals surface area contributed by atoms with Crippen molar-refractivity contribution in [2.24, 2.45) is 0 Å². The van der Waals surface area contributed by atoms with Crippen LogP contribution in [0.3, 0.4) is 0 Å². The van der Waals surface area contributed by atoms with E-state index in [-0.39, 0.29) is 11.6 Å². The number of carbonyl (C=O) groups excluding carboxylic acids is 2. The number of amides is 3. The van der Waals surface area contributed by atoms with Crippen molar-refractivity contribution in [3.8, 4) is 0 Å². The lowest BCUT2D eigenvalue weighted by Gasteiger charge is -2.08. The van der Waals surface area contributed by atoms with Gasteiger partial charge < -0.3 is 16.0 Å². The predicted octanol–water partition coefficient (Wildman–Crippen LogP) is 2.77. The smallest absolute Gasteiger partial charge is 0.319 e. The summed E-state index contributed by atoms with van der Waals surface area (Å²) in [5.41, 5.74) is 0.722. The van der Waals surface area contributed by atoms with Gasteiger partial charge in [0.1, 0.15) is 5.82 Å². The third kappa shape index (κ3) is 5.43. The van der Waals surface area contributed by atoms with Gasteiger partial charge in [0.25, 0.3) is 5.91 Å². The molecule has 2 aromatic rings. The minimum Gasteiger partial charge on any atom is -0.352 e. The van der Waals surface area contributed by atoms with Crippen molar-refractivity contribution in [1.29, 1.82) is 0 Å². The van der Waals surface area contributed by atoms with Gasteiger partial charge in [0, 0.05) is 18.8 Å². The second-order valence-electron chi connectivity index (χ2n) is 4.84. The normalized spacial score (nSPS) is 9.96. The highest BCUT2D eigenvalue weighted by Gasteiger charge is 2.09. The van der Waals surface area contributed by atoms with Gasteiger partial charge in [0.2, 0.25) is 0 Å². The summed E-state index contributed by atoms with van der Waals surface area (Å²) in [7, 11) is 0. The van der Waals surface area contributed by atoms with Crippen molar-refractivity contribution < 1.29 is 14.0 Å². The van der Waals surface area contributed by atoms with Crippen molar-refractivity contribution in [3.05, 3.63) is 66.0 Å². The van der Waals surface area contributed by atoms with Gasteiger partial charge in [-0.05, 0) is 30.7 Å². The molecule has 0 aliphatic carbocycles. The van der Waals surface area contributed by atoms with Gasteiger partial charge in [-0.2, -0.15) is 0 Å². The molecule has 2 aromatic carbocycles. The highest BCUT2D eigenvalue weighted by Crippen LogP contribution is 2.06. The number of benzene rings is 2. The quantitative estimate of drug-likeness (QED) is 0.717. The van der Waals surface area contributed by atoms with E-state index in [1.165, 1.54) is 18.2 Å². The zero-order valence-electron chi connectivity index (χ0n) is 12.5. The molecule has 0 aliphatic rings. The number of para-hydroxylation sites is 1. The highest BCUT2D eigenvalue weighted by molar-refractivity contribution is 5.94. The van der Waals surface area contributed by atoms with Crippen LogP contribution in [0.15, 0.2) is 54.6 Å². The minimum absolute atomic E-state index is 0.0160. The molecule has 0 aliphatic heterocycles. The lowest BCUT2D eigenvalue weighted by molar-refractivity contribution is 0.0949. The Morgan fingerprint density at radius 1 is 0.870 bits per heavy atom. The van der Waals surface area contributed by atoms with Crippen LogP contribution in [0.5, 0.6) is 0 Å². The van der Waals surface area contributed by atoms with Gasteiger partial charge in [0.05, 0.1) is 5.56 Å². The first-order valence-corrected chi connectivity index (χ1v) is 7.29. The number of hydrogen-bond acceptors (Lipinski definition) is 2. The molecule has 0 unspecified atom stereocenters. The second kappa shape index (κ2) is 8.53. The molecule has 0 radical (unpaired) electrons. The van der Waals surface area contributed by atoms with E-state index in [1.807, 2.05) is 18.2 Å². The van der Waals surface area contributed by atoms with E-state index in [0.717, 1.165) is 0 Å². The number of carbonyl (C=O) groups is 2. The Morgan fingerprint density at radius 3 is 2.26 bits per heavy atom. The molecule has 3 amide bonds. The highest BCUT2D eigenvalue weighted by atomic mass is 19.1. The molecule has 0 spiro atoms. The molecular weight excluding hydrogens is 297 g/mol. The van der Waals surface area contributed by atoms with Gasteiger partial charge in [-0.1, -0.05) is 30.3 Å². The summed E-state index contributed by atoms with van der Waals surface area (Å²) in [4.78, 5) is 23.4. The van der Waals surface area contributed by atoms with Crippen LogP contribution in [0, 0.1) is 5.82 Å². The number of halogens is 1. The zero-order valence-corrected chi connectivity index (χ0v) is 12.5. The zero-order chi connectivity index (χ0) is 16.5. The minimum atomic E-state index is -0.551. The average molecular weight is 315 g/mol. The van der Waals surface area contributed by atoms with Gasteiger partial charge in [-0.3, -0.25) is 4.79 Å².